The molecule has 0 saturated heterocycles. The number of allylic oxidation sites excluding steroid dienone is 8. The van der Waals surface area contributed by atoms with Gasteiger partial charge in [-0.25, -0.2) is 0 Å². The van der Waals surface area contributed by atoms with Gasteiger partial charge in [0.05, 0.1) is 0 Å². The fourth-order valence-corrected chi connectivity index (χ4v) is 2.45. The molecule has 0 bridgehead atoms. The maximum absolute atomic E-state index is 4.06. The number of halogens is 1. The van der Waals surface area contributed by atoms with Gasteiger partial charge in [-0.05, 0) is 0 Å². The number of hydrogen-bond acceptors (Lipinski definition) is 0. The first-order valence-corrected chi connectivity index (χ1v) is 7.71. The topological polar surface area (TPSA) is 0 Å². The molecule has 0 spiro atoms. The van der Waals surface area contributed by atoms with Crippen molar-refractivity contribution in [2.75, 3.05) is 0 Å². The van der Waals surface area contributed by atoms with E-state index >= 15 is 0 Å². The van der Waals surface area contributed by atoms with Crippen LogP contribution >= 0.6 is 0 Å². The van der Waals surface area contributed by atoms with Crippen LogP contribution in [-0.2, 0) is 0 Å². The second kappa shape index (κ2) is 8.29. The Morgan fingerprint density at radius 3 is 1.76 bits per heavy atom. The van der Waals surface area contributed by atoms with Crippen LogP contribution in [0.5, 0.6) is 0 Å². The Bertz CT molecular complexity index is 378. The molecule has 17 heavy (non-hydrogen) atoms. The molecular formula is C16H22I-. The Morgan fingerprint density at radius 1 is 0.882 bits per heavy atom. The van der Waals surface area contributed by atoms with Crippen molar-refractivity contribution in [3.05, 3.63) is 68.9 Å². The monoisotopic (exact) mass is 341 g/mol. The van der Waals surface area contributed by atoms with Crippen molar-refractivity contribution in [1.82, 2.24) is 0 Å². The molecule has 0 radical (unpaired) electrons. The van der Waals surface area contributed by atoms with Crippen LogP contribution in [0.4, 0.5) is 0 Å². The van der Waals surface area contributed by atoms with Gasteiger partial charge in [0.1, 0.15) is 0 Å². The Hall–Kier alpha value is -0.830. The van der Waals surface area contributed by atoms with Crippen molar-refractivity contribution in [3.8, 4) is 0 Å². The third-order valence-electron chi connectivity index (χ3n) is 2.01. The standard InChI is InChI=1S/C16H22I/c1-12(2)8-10-15(6)17-16(7)11-9-14(5)13(3)4/h8-11,13H,1,5-7H2,2-4H3/q-1/b10-8-,11-9-. The van der Waals surface area contributed by atoms with Crippen molar-refractivity contribution in [2.45, 2.75) is 20.8 Å². The second-order valence-corrected chi connectivity index (χ2v) is 7.54. The number of hydrogen-bond donors (Lipinski definition) is 0. The van der Waals surface area contributed by atoms with Gasteiger partial charge in [-0.15, -0.1) is 0 Å². The molecule has 0 unspecified atom stereocenters. The fourth-order valence-electron chi connectivity index (χ4n) is 0.841. The van der Waals surface area contributed by atoms with E-state index in [0.29, 0.717) is 5.92 Å². The molecule has 0 nitrogen and oxygen atoms in total. The third kappa shape index (κ3) is 8.93. The van der Waals surface area contributed by atoms with Crippen molar-refractivity contribution in [2.24, 2.45) is 5.92 Å². The first-order chi connectivity index (χ1) is 7.82. The van der Waals surface area contributed by atoms with Gasteiger partial charge in [-0.2, -0.15) is 0 Å². The summed E-state index contributed by atoms with van der Waals surface area (Å²) in [5.41, 5.74) is 2.18. The van der Waals surface area contributed by atoms with Gasteiger partial charge < -0.3 is 0 Å². The van der Waals surface area contributed by atoms with Crippen molar-refractivity contribution < 1.29 is 21.2 Å². The van der Waals surface area contributed by atoms with Gasteiger partial charge in [0, 0.05) is 0 Å². The van der Waals surface area contributed by atoms with E-state index in [1.807, 2.05) is 19.1 Å². The van der Waals surface area contributed by atoms with E-state index in [-0.39, 0.29) is 21.2 Å². The predicted molar refractivity (Wildman–Crippen MR) is 75.4 cm³/mol. The van der Waals surface area contributed by atoms with Crippen molar-refractivity contribution in [3.63, 3.8) is 0 Å². The third-order valence-corrected chi connectivity index (χ3v) is 4.12. The Balaban J connectivity index is 4.24. The molecule has 0 heterocycles. The average molecular weight is 341 g/mol. The summed E-state index contributed by atoms with van der Waals surface area (Å²) in [6.07, 6.45) is 8.15. The van der Waals surface area contributed by atoms with E-state index in [9.17, 15) is 0 Å². The van der Waals surface area contributed by atoms with Crippen molar-refractivity contribution in [1.29, 1.82) is 0 Å². The second-order valence-electron chi connectivity index (χ2n) is 4.23. The summed E-state index contributed by atoms with van der Waals surface area (Å²) >= 11 is -0.229. The fraction of sp³-hybridized carbons (Fsp3) is 0.250. The predicted octanol–water partition coefficient (Wildman–Crippen LogP) is 2.00. The van der Waals surface area contributed by atoms with E-state index in [1.165, 1.54) is 0 Å². The Morgan fingerprint density at radius 2 is 1.35 bits per heavy atom. The molecule has 0 rings (SSSR count). The molecule has 94 valence electrons. The molecule has 0 aromatic carbocycles. The summed E-state index contributed by atoms with van der Waals surface area (Å²) in [6, 6.07) is 0. The molecule has 0 aliphatic rings. The van der Waals surface area contributed by atoms with Gasteiger partial charge in [0.15, 0.2) is 0 Å². The molecule has 0 aliphatic carbocycles. The molecule has 0 aromatic rings. The molecule has 0 saturated carbocycles. The zero-order valence-corrected chi connectivity index (χ0v) is 13.3. The summed E-state index contributed by atoms with van der Waals surface area (Å²) in [7, 11) is 0. The van der Waals surface area contributed by atoms with Crippen LogP contribution in [0, 0.1) is 5.92 Å². The minimum atomic E-state index is -0.229. The Labute approximate surface area is 116 Å². The first kappa shape index (κ1) is 16.2. The van der Waals surface area contributed by atoms with Gasteiger partial charge in [-0.3, -0.25) is 0 Å². The van der Waals surface area contributed by atoms with Gasteiger partial charge in [-0.1, -0.05) is 0 Å². The zero-order valence-electron chi connectivity index (χ0n) is 11.1. The molecule has 0 atom stereocenters. The summed E-state index contributed by atoms with van der Waals surface area (Å²) in [6.45, 7) is 22.2. The molecule has 1 heteroatoms. The first-order valence-electron chi connectivity index (χ1n) is 5.56. The molecule has 0 fully saturated rings. The van der Waals surface area contributed by atoms with Crippen molar-refractivity contribution >= 4 is 0 Å². The minimum absolute atomic E-state index is 0.229. The van der Waals surface area contributed by atoms with E-state index < -0.39 is 0 Å². The molecule has 0 N–H and O–H groups in total. The van der Waals surface area contributed by atoms with E-state index in [0.717, 1.165) is 18.3 Å². The van der Waals surface area contributed by atoms with E-state index in [1.54, 1.807) is 0 Å². The van der Waals surface area contributed by atoms with Crippen LogP contribution in [0.15, 0.2) is 68.9 Å². The van der Waals surface area contributed by atoms with Gasteiger partial charge in [0.2, 0.25) is 0 Å². The SMILES string of the molecule is C=C(C)/C=C\C(=C)[I-]C(=C)/C=C\C(=C)C(C)C. The van der Waals surface area contributed by atoms with Crippen LogP contribution in [0.3, 0.4) is 0 Å². The van der Waals surface area contributed by atoms with Crippen LogP contribution in [-0.4, -0.2) is 0 Å². The molecular weight excluding hydrogens is 319 g/mol. The quantitative estimate of drug-likeness (QED) is 0.491. The van der Waals surface area contributed by atoms with Crippen LogP contribution in [0.25, 0.3) is 0 Å². The number of rotatable bonds is 7. The van der Waals surface area contributed by atoms with Gasteiger partial charge >= 0.3 is 117 Å². The normalized spacial score (nSPS) is 11.5. The van der Waals surface area contributed by atoms with E-state index in [2.05, 4.69) is 52.3 Å². The van der Waals surface area contributed by atoms with E-state index in [4.69, 9.17) is 0 Å². The Kier molecular flexibility index (Phi) is 7.88. The summed E-state index contributed by atoms with van der Waals surface area (Å²) < 4.78 is 2.30. The van der Waals surface area contributed by atoms with Crippen LogP contribution in [0.2, 0.25) is 0 Å². The zero-order chi connectivity index (χ0) is 13.4. The molecule has 0 amide bonds. The summed E-state index contributed by atoms with van der Waals surface area (Å²) in [4.78, 5) is 0. The summed E-state index contributed by atoms with van der Waals surface area (Å²) in [5, 5.41) is 0. The van der Waals surface area contributed by atoms with Crippen LogP contribution < -0.4 is 21.2 Å². The van der Waals surface area contributed by atoms with Crippen LogP contribution in [0.1, 0.15) is 20.8 Å². The summed E-state index contributed by atoms with van der Waals surface area (Å²) in [5.74, 6) is 0.490. The molecule has 0 aliphatic heterocycles. The maximum atomic E-state index is 4.06. The average Bonchev–Trinajstić information content (AvgIpc) is 2.22. The van der Waals surface area contributed by atoms with Gasteiger partial charge in [0.25, 0.3) is 0 Å². The molecule has 0 aromatic heterocycles.